The zero-order valence-electron chi connectivity index (χ0n) is 10.9. The summed E-state index contributed by atoms with van der Waals surface area (Å²) in [5, 5.41) is 12.0. The standard InChI is InChI=1S/C13H14ClN3O2S/c1-19-10-5-3-2-4-9(10)8-12-16-17-13(20-12)15-11(18)6-7-14/h2-5H,6-8H2,1H3,(H,15,17,18). The molecule has 1 aromatic carbocycles. The van der Waals surface area contributed by atoms with Crippen LogP contribution >= 0.6 is 22.9 Å². The van der Waals surface area contributed by atoms with Gasteiger partial charge in [0.2, 0.25) is 11.0 Å². The molecule has 0 spiro atoms. The van der Waals surface area contributed by atoms with Gasteiger partial charge in [0.05, 0.1) is 7.11 Å². The minimum Gasteiger partial charge on any atom is -0.496 e. The molecule has 0 saturated carbocycles. The van der Waals surface area contributed by atoms with Gasteiger partial charge in [-0.25, -0.2) is 0 Å². The zero-order chi connectivity index (χ0) is 14.4. The van der Waals surface area contributed by atoms with Crippen molar-refractivity contribution in [1.82, 2.24) is 10.2 Å². The number of aromatic nitrogens is 2. The van der Waals surface area contributed by atoms with Crippen LogP contribution in [0.15, 0.2) is 24.3 Å². The fraction of sp³-hybridized carbons (Fsp3) is 0.308. The maximum Gasteiger partial charge on any atom is 0.227 e. The smallest absolute Gasteiger partial charge is 0.227 e. The SMILES string of the molecule is COc1ccccc1Cc1nnc(NC(=O)CCCl)s1. The van der Waals surface area contributed by atoms with Gasteiger partial charge in [-0.2, -0.15) is 0 Å². The number of benzene rings is 1. The first kappa shape index (κ1) is 14.7. The van der Waals surface area contributed by atoms with Gasteiger partial charge < -0.3 is 10.1 Å². The molecule has 7 heteroatoms. The Balaban J connectivity index is 2.04. The maximum absolute atomic E-state index is 11.4. The number of ether oxygens (including phenoxy) is 1. The summed E-state index contributed by atoms with van der Waals surface area (Å²) in [5.41, 5.74) is 1.03. The number of halogens is 1. The number of nitrogens with zero attached hydrogens (tertiary/aromatic N) is 2. The van der Waals surface area contributed by atoms with Crippen LogP contribution in [-0.4, -0.2) is 29.1 Å². The summed E-state index contributed by atoms with van der Waals surface area (Å²) in [4.78, 5) is 11.4. The molecule has 1 amide bonds. The summed E-state index contributed by atoms with van der Waals surface area (Å²) in [5.74, 6) is 0.953. The quantitative estimate of drug-likeness (QED) is 0.833. The predicted molar refractivity (Wildman–Crippen MR) is 79.7 cm³/mol. The molecule has 1 N–H and O–H groups in total. The van der Waals surface area contributed by atoms with Crippen molar-refractivity contribution in [1.29, 1.82) is 0 Å². The van der Waals surface area contributed by atoms with Gasteiger partial charge in [-0.15, -0.1) is 21.8 Å². The molecule has 0 aliphatic rings. The molecule has 106 valence electrons. The first-order chi connectivity index (χ1) is 9.72. The van der Waals surface area contributed by atoms with E-state index in [1.807, 2.05) is 24.3 Å². The van der Waals surface area contributed by atoms with Crippen LogP contribution in [0.2, 0.25) is 0 Å². The Labute approximate surface area is 125 Å². The van der Waals surface area contributed by atoms with Crippen molar-refractivity contribution < 1.29 is 9.53 Å². The molecule has 20 heavy (non-hydrogen) atoms. The van der Waals surface area contributed by atoms with E-state index in [0.717, 1.165) is 16.3 Å². The molecular weight excluding hydrogens is 298 g/mol. The second-order valence-electron chi connectivity index (χ2n) is 3.98. The number of nitrogens with one attached hydrogen (secondary N) is 1. The molecule has 0 atom stereocenters. The first-order valence-corrected chi connectivity index (χ1v) is 7.38. The van der Waals surface area contributed by atoms with Crippen LogP contribution in [0.4, 0.5) is 5.13 Å². The highest BCUT2D eigenvalue weighted by atomic mass is 35.5. The third-order valence-corrected chi connectivity index (χ3v) is 3.60. The van der Waals surface area contributed by atoms with Gasteiger partial charge in [-0.1, -0.05) is 29.5 Å². The van der Waals surface area contributed by atoms with E-state index >= 15 is 0 Å². The Hall–Kier alpha value is -1.66. The van der Waals surface area contributed by atoms with Crippen molar-refractivity contribution in [2.75, 3.05) is 18.3 Å². The van der Waals surface area contributed by atoms with Crippen LogP contribution in [0, 0.1) is 0 Å². The van der Waals surface area contributed by atoms with E-state index in [9.17, 15) is 4.79 Å². The van der Waals surface area contributed by atoms with Crippen LogP contribution in [0.1, 0.15) is 17.0 Å². The van der Waals surface area contributed by atoms with E-state index in [1.165, 1.54) is 11.3 Å². The summed E-state index contributed by atoms with van der Waals surface area (Å²) in [7, 11) is 1.64. The predicted octanol–water partition coefficient (Wildman–Crippen LogP) is 2.70. The van der Waals surface area contributed by atoms with E-state index in [1.54, 1.807) is 7.11 Å². The lowest BCUT2D eigenvalue weighted by atomic mass is 10.1. The highest BCUT2D eigenvalue weighted by Crippen LogP contribution is 2.24. The average molecular weight is 312 g/mol. The van der Waals surface area contributed by atoms with Crippen LogP contribution < -0.4 is 10.1 Å². The highest BCUT2D eigenvalue weighted by Gasteiger charge is 2.10. The van der Waals surface area contributed by atoms with E-state index < -0.39 is 0 Å². The summed E-state index contributed by atoms with van der Waals surface area (Å²) in [6.07, 6.45) is 0.885. The van der Waals surface area contributed by atoms with Gasteiger partial charge in [0.25, 0.3) is 0 Å². The fourth-order valence-corrected chi connectivity index (χ4v) is 2.61. The van der Waals surface area contributed by atoms with Gasteiger partial charge in [0, 0.05) is 24.3 Å². The van der Waals surface area contributed by atoms with E-state index in [-0.39, 0.29) is 12.3 Å². The van der Waals surface area contributed by atoms with Crippen LogP contribution in [0.25, 0.3) is 0 Å². The fourth-order valence-electron chi connectivity index (χ4n) is 1.66. The molecule has 0 radical (unpaired) electrons. The highest BCUT2D eigenvalue weighted by molar-refractivity contribution is 7.15. The lowest BCUT2D eigenvalue weighted by Gasteiger charge is -2.05. The number of rotatable bonds is 6. The number of para-hydroxylation sites is 1. The number of carbonyl (C=O) groups is 1. The monoisotopic (exact) mass is 311 g/mol. The molecule has 5 nitrogen and oxygen atoms in total. The van der Waals surface area contributed by atoms with Gasteiger partial charge in [0.1, 0.15) is 10.8 Å². The molecule has 0 bridgehead atoms. The normalized spacial score (nSPS) is 10.3. The van der Waals surface area contributed by atoms with E-state index in [0.29, 0.717) is 17.4 Å². The minimum atomic E-state index is -0.153. The number of alkyl halides is 1. The summed E-state index contributed by atoms with van der Waals surface area (Å²) in [6.45, 7) is 0. The molecule has 1 aromatic heterocycles. The first-order valence-electron chi connectivity index (χ1n) is 6.03. The van der Waals surface area contributed by atoms with Crippen molar-refractivity contribution in [3.8, 4) is 5.75 Å². The largest absolute Gasteiger partial charge is 0.496 e. The van der Waals surface area contributed by atoms with Crippen LogP contribution in [0.3, 0.4) is 0 Å². The molecule has 0 unspecified atom stereocenters. The van der Waals surface area contributed by atoms with Crippen molar-refractivity contribution in [2.45, 2.75) is 12.8 Å². The molecule has 1 heterocycles. The van der Waals surface area contributed by atoms with Crippen LogP contribution in [-0.2, 0) is 11.2 Å². The second-order valence-corrected chi connectivity index (χ2v) is 5.42. The van der Waals surface area contributed by atoms with Gasteiger partial charge in [0.15, 0.2) is 0 Å². The lowest BCUT2D eigenvalue weighted by molar-refractivity contribution is -0.115. The number of hydrogen-bond donors (Lipinski definition) is 1. The summed E-state index contributed by atoms with van der Waals surface area (Å²) in [6, 6.07) is 7.74. The van der Waals surface area contributed by atoms with Gasteiger partial charge in [-0.05, 0) is 6.07 Å². The van der Waals surface area contributed by atoms with Gasteiger partial charge >= 0.3 is 0 Å². The number of methoxy groups -OCH3 is 1. The van der Waals surface area contributed by atoms with Crippen molar-refractivity contribution in [3.05, 3.63) is 34.8 Å². The summed E-state index contributed by atoms with van der Waals surface area (Å²) < 4.78 is 5.29. The molecule has 0 aliphatic carbocycles. The second kappa shape index (κ2) is 7.21. The zero-order valence-corrected chi connectivity index (χ0v) is 12.5. The maximum atomic E-state index is 11.4. The third kappa shape index (κ3) is 3.91. The average Bonchev–Trinajstić information content (AvgIpc) is 2.87. The van der Waals surface area contributed by atoms with Crippen molar-refractivity contribution in [3.63, 3.8) is 0 Å². The van der Waals surface area contributed by atoms with E-state index in [2.05, 4.69) is 15.5 Å². The van der Waals surface area contributed by atoms with Gasteiger partial charge in [-0.3, -0.25) is 4.79 Å². The topological polar surface area (TPSA) is 64.1 Å². The summed E-state index contributed by atoms with van der Waals surface area (Å²) >= 11 is 6.85. The Kier molecular flexibility index (Phi) is 5.31. The molecular formula is C13H14ClN3O2S. The van der Waals surface area contributed by atoms with E-state index in [4.69, 9.17) is 16.3 Å². The number of anilines is 1. The third-order valence-electron chi connectivity index (χ3n) is 2.57. The molecule has 0 fully saturated rings. The van der Waals surface area contributed by atoms with Crippen molar-refractivity contribution in [2.24, 2.45) is 0 Å². The minimum absolute atomic E-state index is 0.153. The van der Waals surface area contributed by atoms with Crippen LogP contribution in [0.5, 0.6) is 5.75 Å². The molecule has 0 saturated heterocycles. The Morgan fingerprint density at radius 1 is 1.40 bits per heavy atom. The Bertz CT molecular complexity index is 589. The lowest BCUT2D eigenvalue weighted by Crippen LogP contribution is -2.11. The molecule has 2 aromatic rings. The Morgan fingerprint density at radius 2 is 2.20 bits per heavy atom. The Morgan fingerprint density at radius 3 is 2.95 bits per heavy atom. The number of carbonyl (C=O) groups excluding carboxylic acids is 1. The molecule has 2 rings (SSSR count). The number of amides is 1. The van der Waals surface area contributed by atoms with Crippen molar-refractivity contribution >= 4 is 34.0 Å². The number of hydrogen-bond acceptors (Lipinski definition) is 5. The molecule has 0 aliphatic heterocycles.